The molecule has 0 amide bonds. The number of ether oxygens (including phenoxy) is 2. The van der Waals surface area contributed by atoms with Gasteiger partial charge in [0.15, 0.2) is 5.41 Å². The smallest absolute Gasteiger partial charge is 0.293 e. The van der Waals surface area contributed by atoms with Gasteiger partial charge in [0.05, 0.1) is 25.4 Å². The van der Waals surface area contributed by atoms with Crippen LogP contribution in [0.3, 0.4) is 0 Å². The van der Waals surface area contributed by atoms with Gasteiger partial charge in [0.1, 0.15) is 11.3 Å². The standard InChI is InChI=1S/C15H12N4O2/c16-8-13-11(10-4-2-1-3-5-10)14(13,9-17)15(19-12(13)18)20-6-7-21-15/h1-5,11H,6-7H2,(H2,18,19)/t11-,13-,14-/m0/s1. The molecule has 21 heavy (non-hydrogen) atoms. The van der Waals surface area contributed by atoms with Gasteiger partial charge in [0.2, 0.25) is 0 Å². The van der Waals surface area contributed by atoms with E-state index >= 15 is 0 Å². The fourth-order valence-corrected chi connectivity index (χ4v) is 3.86. The maximum atomic E-state index is 9.85. The Hall–Kier alpha value is -2.41. The third-order valence-corrected chi connectivity index (χ3v) is 4.74. The van der Waals surface area contributed by atoms with Crippen molar-refractivity contribution in [1.29, 1.82) is 10.5 Å². The Morgan fingerprint density at radius 1 is 1.14 bits per heavy atom. The van der Waals surface area contributed by atoms with E-state index in [0.29, 0.717) is 13.2 Å². The van der Waals surface area contributed by atoms with Crippen molar-refractivity contribution in [3.63, 3.8) is 0 Å². The minimum Gasteiger partial charge on any atom is -0.386 e. The molecule has 2 heterocycles. The lowest BCUT2D eigenvalue weighted by molar-refractivity contribution is -0.184. The maximum absolute atomic E-state index is 9.85. The van der Waals surface area contributed by atoms with E-state index in [0.717, 1.165) is 5.56 Å². The molecule has 1 aliphatic carbocycles. The number of hydrogen-bond acceptors (Lipinski definition) is 6. The maximum Gasteiger partial charge on any atom is 0.293 e. The Balaban J connectivity index is 1.95. The second kappa shape index (κ2) is 3.62. The van der Waals surface area contributed by atoms with Crippen molar-refractivity contribution in [1.82, 2.24) is 0 Å². The lowest BCUT2D eigenvalue weighted by Crippen LogP contribution is -2.38. The van der Waals surface area contributed by atoms with Gasteiger partial charge in [-0.3, -0.25) is 0 Å². The Labute approximate surface area is 121 Å². The highest BCUT2D eigenvalue weighted by atomic mass is 16.8. The summed E-state index contributed by atoms with van der Waals surface area (Å²) in [6.45, 7) is 0.673. The SMILES string of the molecule is N#C[C@]12C(N)=NC3(OCCO3)[C@@]1(C#N)[C@H]2c1ccccc1. The first kappa shape index (κ1) is 12.3. The minimum atomic E-state index is -1.44. The average molecular weight is 280 g/mol. The molecule has 6 heteroatoms. The number of amidine groups is 1. The molecular weight excluding hydrogens is 268 g/mol. The fraction of sp³-hybridized carbons (Fsp3) is 0.400. The third kappa shape index (κ3) is 1.06. The van der Waals surface area contributed by atoms with Crippen LogP contribution in [-0.2, 0) is 9.47 Å². The first-order valence-corrected chi connectivity index (χ1v) is 6.70. The minimum absolute atomic E-state index is 0.127. The normalized spacial score (nSPS) is 38.4. The van der Waals surface area contributed by atoms with Gasteiger partial charge in [-0.2, -0.15) is 10.5 Å². The summed E-state index contributed by atoms with van der Waals surface area (Å²) in [6.07, 6.45) is 0. The van der Waals surface area contributed by atoms with E-state index in [1.54, 1.807) is 0 Å². The van der Waals surface area contributed by atoms with Crippen molar-refractivity contribution in [3.8, 4) is 12.1 Å². The summed E-state index contributed by atoms with van der Waals surface area (Å²) in [4.78, 5) is 4.22. The topological polar surface area (TPSA) is 104 Å². The van der Waals surface area contributed by atoms with Crippen LogP contribution >= 0.6 is 0 Å². The average Bonchev–Trinajstić information content (AvgIpc) is 2.78. The number of nitrogens with zero attached hydrogens (tertiary/aromatic N) is 3. The zero-order chi connectivity index (χ0) is 14.7. The molecule has 0 bridgehead atoms. The molecule has 3 aliphatic rings. The van der Waals surface area contributed by atoms with Crippen molar-refractivity contribution in [2.24, 2.45) is 21.6 Å². The Kier molecular flexibility index (Phi) is 2.12. The molecular formula is C15H12N4O2. The van der Waals surface area contributed by atoms with Crippen LogP contribution in [0.2, 0.25) is 0 Å². The molecule has 6 nitrogen and oxygen atoms in total. The molecule has 4 rings (SSSR count). The fourth-order valence-electron chi connectivity index (χ4n) is 3.86. The van der Waals surface area contributed by atoms with E-state index in [4.69, 9.17) is 15.2 Å². The molecule has 2 N–H and O–H groups in total. The van der Waals surface area contributed by atoms with Crippen molar-refractivity contribution in [2.75, 3.05) is 13.2 Å². The summed E-state index contributed by atoms with van der Waals surface area (Å²) in [6, 6.07) is 13.9. The first-order chi connectivity index (χ1) is 10.2. The van der Waals surface area contributed by atoms with Gasteiger partial charge in [-0.05, 0) is 5.56 Å². The predicted molar refractivity (Wildman–Crippen MR) is 71.5 cm³/mol. The molecule has 0 unspecified atom stereocenters. The summed E-state index contributed by atoms with van der Waals surface area (Å²) >= 11 is 0. The van der Waals surface area contributed by atoms with Gasteiger partial charge < -0.3 is 15.2 Å². The Morgan fingerprint density at radius 3 is 2.38 bits per heavy atom. The molecule has 3 atom stereocenters. The largest absolute Gasteiger partial charge is 0.386 e. The van der Waals surface area contributed by atoms with Crippen molar-refractivity contribution in [3.05, 3.63) is 35.9 Å². The number of benzene rings is 1. The van der Waals surface area contributed by atoms with E-state index in [-0.39, 0.29) is 5.84 Å². The van der Waals surface area contributed by atoms with Gasteiger partial charge in [0.25, 0.3) is 5.91 Å². The molecule has 1 saturated carbocycles. The van der Waals surface area contributed by atoms with E-state index < -0.39 is 22.7 Å². The number of hydrogen-bond donors (Lipinski definition) is 1. The van der Waals surface area contributed by atoms with Crippen LogP contribution < -0.4 is 5.73 Å². The highest BCUT2D eigenvalue weighted by Gasteiger charge is 2.94. The number of nitriles is 2. The second-order valence-electron chi connectivity index (χ2n) is 5.46. The summed E-state index contributed by atoms with van der Waals surface area (Å²) in [5.41, 5.74) is 4.51. The van der Waals surface area contributed by atoms with Gasteiger partial charge >= 0.3 is 0 Å². The van der Waals surface area contributed by atoms with Crippen molar-refractivity contribution < 1.29 is 9.47 Å². The van der Waals surface area contributed by atoms with Crippen LogP contribution in [-0.4, -0.2) is 25.0 Å². The molecule has 104 valence electrons. The molecule has 1 saturated heterocycles. The van der Waals surface area contributed by atoms with Gasteiger partial charge in [-0.25, -0.2) is 4.99 Å². The van der Waals surface area contributed by atoms with Crippen LogP contribution in [0.15, 0.2) is 35.3 Å². The molecule has 0 radical (unpaired) electrons. The Bertz CT molecular complexity index is 726. The first-order valence-electron chi connectivity index (χ1n) is 6.70. The lowest BCUT2D eigenvalue weighted by atomic mass is 9.94. The molecule has 1 spiro atoms. The van der Waals surface area contributed by atoms with Crippen LogP contribution in [0.4, 0.5) is 0 Å². The highest BCUT2D eigenvalue weighted by molar-refractivity contribution is 6.00. The number of aliphatic imine (C=N–C) groups is 1. The second-order valence-corrected chi connectivity index (χ2v) is 5.46. The molecule has 2 fully saturated rings. The van der Waals surface area contributed by atoms with Gasteiger partial charge in [-0.15, -0.1) is 0 Å². The lowest BCUT2D eigenvalue weighted by Gasteiger charge is -2.25. The summed E-state index contributed by atoms with van der Waals surface area (Å²) in [5, 5.41) is 19.6. The predicted octanol–water partition coefficient (Wildman–Crippen LogP) is 0.875. The van der Waals surface area contributed by atoms with Crippen LogP contribution in [0.25, 0.3) is 0 Å². The van der Waals surface area contributed by atoms with Crippen LogP contribution in [0, 0.1) is 33.5 Å². The Morgan fingerprint density at radius 2 is 1.81 bits per heavy atom. The quantitative estimate of drug-likeness (QED) is 0.822. The monoisotopic (exact) mass is 280 g/mol. The zero-order valence-electron chi connectivity index (χ0n) is 11.1. The van der Waals surface area contributed by atoms with Crippen molar-refractivity contribution >= 4 is 5.84 Å². The summed E-state index contributed by atoms with van der Waals surface area (Å²) < 4.78 is 11.3. The highest BCUT2D eigenvalue weighted by Crippen LogP contribution is 2.82. The van der Waals surface area contributed by atoms with E-state index in [1.165, 1.54) is 0 Å². The van der Waals surface area contributed by atoms with E-state index in [9.17, 15) is 10.5 Å². The number of rotatable bonds is 1. The summed E-state index contributed by atoms with van der Waals surface area (Å²) in [5.74, 6) is -1.71. The third-order valence-electron chi connectivity index (χ3n) is 4.74. The molecule has 2 aliphatic heterocycles. The van der Waals surface area contributed by atoms with Gasteiger partial charge in [0, 0.05) is 5.92 Å². The molecule has 1 aromatic carbocycles. The zero-order valence-corrected chi connectivity index (χ0v) is 11.1. The van der Waals surface area contributed by atoms with Crippen LogP contribution in [0.5, 0.6) is 0 Å². The van der Waals surface area contributed by atoms with E-state index in [2.05, 4.69) is 17.1 Å². The molecule has 0 aromatic heterocycles. The number of nitrogens with two attached hydrogens (primary N) is 1. The van der Waals surface area contributed by atoms with Crippen molar-refractivity contribution in [2.45, 2.75) is 11.8 Å². The molecule has 1 aromatic rings. The van der Waals surface area contributed by atoms with E-state index in [1.807, 2.05) is 30.3 Å². The summed E-state index contributed by atoms with van der Waals surface area (Å²) in [7, 11) is 0. The number of fused-ring (bicyclic) bond motifs is 2. The van der Waals surface area contributed by atoms with Crippen LogP contribution in [0.1, 0.15) is 11.5 Å². The van der Waals surface area contributed by atoms with Gasteiger partial charge in [-0.1, -0.05) is 30.3 Å².